The predicted molar refractivity (Wildman–Crippen MR) is 140 cm³/mol. The molecule has 3 aromatic carbocycles. The number of benzene rings is 3. The number of nitrogens with one attached hydrogen (secondary N) is 1. The zero-order valence-corrected chi connectivity index (χ0v) is 20.1. The second-order valence-electron chi connectivity index (χ2n) is 8.33. The standard InChI is InChI=1S/C29H24BF3N2O2/c1-21(34-20-25-18-11-19-37-25)26(27(36)22-12-5-2-6-13-22)28(29(31,32)33)35-30(23-14-7-3-8-15-23)24-16-9-4-10-17-24/h2-19,34H,20H2,1H3/b26-21+,35-28-. The number of ketones is 1. The van der Waals surface area contributed by atoms with E-state index in [0.717, 1.165) is 0 Å². The summed E-state index contributed by atoms with van der Waals surface area (Å²) in [5, 5.41) is 2.93. The van der Waals surface area contributed by atoms with Crippen LogP contribution in [-0.4, -0.2) is 24.5 Å². The molecule has 1 aromatic heterocycles. The maximum Gasteiger partial charge on any atom is 0.432 e. The summed E-state index contributed by atoms with van der Waals surface area (Å²) in [6.45, 7) is 0.576. The molecular formula is C29H24BF3N2O2. The maximum absolute atomic E-state index is 14.7. The molecule has 8 heteroatoms. The number of alkyl halides is 3. The quantitative estimate of drug-likeness (QED) is 0.146. The highest BCUT2D eigenvalue weighted by molar-refractivity contribution is 6.84. The summed E-state index contributed by atoms with van der Waals surface area (Å²) < 4.78 is 49.5. The van der Waals surface area contributed by atoms with Crippen molar-refractivity contribution in [3.8, 4) is 0 Å². The fourth-order valence-corrected chi connectivity index (χ4v) is 3.93. The molecule has 0 spiro atoms. The number of halogens is 3. The summed E-state index contributed by atoms with van der Waals surface area (Å²) in [5.74, 6) is -0.260. The highest BCUT2D eigenvalue weighted by Crippen LogP contribution is 2.27. The van der Waals surface area contributed by atoms with Gasteiger partial charge in [0.25, 0.3) is 0 Å². The fourth-order valence-electron chi connectivity index (χ4n) is 3.93. The van der Waals surface area contributed by atoms with Crippen LogP contribution >= 0.6 is 0 Å². The third-order valence-electron chi connectivity index (χ3n) is 5.74. The number of carbonyl (C=O) groups is 1. The monoisotopic (exact) mass is 500 g/mol. The molecule has 0 fully saturated rings. The first-order chi connectivity index (χ1) is 17.8. The van der Waals surface area contributed by atoms with Crippen molar-refractivity contribution >= 4 is 29.3 Å². The minimum Gasteiger partial charge on any atom is -0.467 e. The largest absolute Gasteiger partial charge is 0.467 e. The van der Waals surface area contributed by atoms with Crippen LogP contribution < -0.4 is 16.2 Å². The molecule has 186 valence electrons. The Morgan fingerprint density at radius 2 is 1.38 bits per heavy atom. The first-order valence-electron chi connectivity index (χ1n) is 11.7. The molecule has 0 saturated carbocycles. The number of carbonyl (C=O) groups excluding carboxylic acids is 1. The Hall–Kier alpha value is -4.33. The molecule has 0 aliphatic rings. The van der Waals surface area contributed by atoms with Gasteiger partial charge in [-0.15, -0.1) is 0 Å². The highest BCUT2D eigenvalue weighted by atomic mass is 19.4. The van der Waals surface area contributed by atoms with Crippen molar-refractivity contribution in [2.24, 2.45) is 4.90 Å². The molecule has 1 heterocycles. The highest BCUT2D eigenvalue weighted by Gasteiger charge is 2.42. The lowest BCUT2D eigenvalue weighted by molar-refractivity contribution is -0.0581. The van der Waals surface area contributed by atoms with Crippen LogP contribution in [0.3, 0.4) is 0 Å². The zero-order chi connectivity index (χ0) is 26.3. The number of hydrogen-bond acceptors (Lipinski definition) is 4. The molecule has 0 atom stereocenters. The van der Waals surface area contributed by atoms with Crippen LogP contribution in [0.2, 0.25) is 0 Å². The second kappa shape index (κ2) is 11.6. The third kappa shape index (κ3) is 6.47. The van der Waals surface area contributed by atoms with E-state index in [1.54, 1.807) is 91.0 Å². The van der Waals surface area contributed by atoms with E-state index in [1.807, 2.05) is 0 Å². The van der Waals surface area contributed by atoms with Crippen molar-refractivity contribution in [1.29, 1.82) is 0 Å². The van der Waals surface area contributed by atoms with E-state index in [-0.39, 0.29) is 17.8 Å². The predicted octanol–water partition coefficient (Wildman–Crippen LogP) is 5.34. The summed E-state index contributed by atoms with van der Waals surface area (Å²) in [6, 6.07) is 28.7. The number of furan rings is 1. The van der Waals surface area contributed by atoms with Crippen molar-refractivity contribution in [2.45, 2.75) is 19.6 Å². The lowest BCUT2D eigenvalue weighted by Crippen LogP contribution is -2.44. The molecule has 37 heavy (non-hydrogen) atoms. The van der Waals surface area contributed by atoms with Gasteiger partial charge in [-0.1, -0.05) is 91.0 Å². The molecule has 0 bridgehead atoms. The molecule has 0 aliphatic heterocycles. The van der Waals surface area contributed by atoms with E-state index >= 15 is 0 Å². The number of nitrogens with zero attached hydrogens (tertiary/aromatic N) is 1. The van der Waals surface area contributed by atoms with Crippen LogP contribution in [-0.2, 0) is 6.54 Å². The van der Waals surface area contributed by atoms with Crippen LogP contribution in [0.1, 0.15) is 23.0 Å². The third-order valence-corrected chi connectivity index (χ3v) is 5.74. The summed E-state index contributed by atoms with van der Waals surface area (Å²) >= 11 is 0. The van der Waals surface area contributed by atoms with Gasteiger partial charge in [0.15, 0.2) is 5.78 Å². The van der Waals surface area contributed by atoms with Gasteiger partial charge >= 0.3 is 13.0 Å². The van der Waals surface area contributed by atoms with Gasteiger partial charge in [-0.3, -0.25) is 4.79 Å². The number of allylic oxidation sites excluding steroid dienone is 2. The van der Waals surface area contributed by atoms with E-state index in [2.05, 4.69) is 10.2 Å². The molecule has 4 aromatic rings. The lowest BCUT2D eigenvalue weighted by atomic mass is 9.51. The Bertz CT molecular complexity index is 1330. The topological polar surface area (TPSA) is 54.6 Å². The molecule has 0 radical (unpaired) electrons. The molecular weight excluding hydrogens is 476 g/mol. The number of Topliss-reactive ketones (excluding diaryl/α,β-unsaturated/α-hetero) is 1. The van der Waals surface area contributed by atoms with Crippen molar-refractivity contribution in [1.82, 2.24) is 5.32 Å². The number of hydrogen-bond donors (Lipinski definition) is 1. The molecule has 0 saturated heterocycles. The van der Waals surface area contributed by atoms with Crippen molar-refractivity contribution in [2.75, 3.05) is 0 Å². The molecule has 4 nitrogen and oxygen atoms in total. The van der Waals surface area contributed by atoms with Crippen LogP contribution in [0.15, 0.2) is 130 Å². The SMILES string of the molecule is C/C(NCc1ccco1)=C(C(=O)c1ccccc1)\C(=N\B(c1ccccc1)c1ccccc1)C(F)(F)F. The molecule has 1 N–H and O–H groups in total. The van der Waals surface area contributed by atoms with Crippen molar-refractivity contribution in [3.05, 3.63) is 132 Å². The average molecular weight is 500 g/mol. The van der Waals surface area contributed by atoms with Crippen LogP contribution in [0.5, 0.6) is 0 Å². The second-order valence-corrected chi connectivity index (χ2v) is 8.33. The Labute approximate surface area is 213 Å². The molecule has 4 rings (SSSR count). The summed E-state index contributed by atoms with van der Waals surface area (Å²) in [5.41, 5.74) is -0.470. The van der Waals surface area contributed by atoms with Gasteiger partial charge in [0, 0.05) is 11.3 Å². The normalized spacial score (nSPS) is 12.6. The van der Waals surface area contributed by atoms with Gasteiger partial charge in [-0.25, -0.2) is 0 Å². The maximum atomic E-state index is 14.7. The lowest BCUT2D eigenvalue weighted by Gasteiger charge is -2.20. The minimum atomic E-state index is -4.91. The van der Waals surface area contributed by atoms with Gasteiger partial charge < -0.3 is 14.6 Å². The number of rotatable bonds is 9. The summed E-state index contributed by atoms with van der Waals surface area (Å²) in [4.78, 5) is 17.8. The van der Waals surface area contributed by atoms with Gasteiger partial charge in [0.05, 0.1) is 18.4 Å². The van der Waals surface area contributed by atoms with Crippen LogP contribution in [0.4, 0.5) is 13.2 Å². The van der Waals surface area contributed by atoms with Crippen molar-refractivity contribution < 1.29 is 22.4 Å². The van der Waals surface area contributed by atoms with E-state index < -0.39 is 30.1 Å². The first kappa shape index (κ1) is 25.8. The summed E-state index contributed by atoms with van der Waals surface area (Å²) in [7, 11) is 0. The average Bonchev–Trinajstić information content (AvgIpc) is 3.44. The Kier molecular flexibility index (Phi) is 8.08. The zero-order valence-electron chi connectivity index (χ0n) is 20.1. The van der Waals surface area contributed by atoms with Gasteiger partial charge in [0.2, 0.25) is 0 Å². The van der Waals surface area contributed by atoms with E-state index in [0.29, 0.717) is 16.7 Å². The van der Waals surface area contributed by atoms with Gasteiger partial charge in [0.1, 0.15) is 11.5 Å². The summed E-state index contributed by atoms with van der Waals surface area (Å²) in [6.07, 6.45) is -3.44. The first-order valence-corrected chi connectivity index (χ1v) is 11.7. The fraction of sp³-hybridized carbons (Fsp3) is 0.103. The van der Waals surface area contributed by atoms with Gasteiger partial charge in [-0.05, 0) is 30.0 Å². The van der Waals surface area contributed by atoms with Crippen molar-refractivity contribution in [3.63, 3.8) is 0 Å². The smallest absolute Gasteiger partial charge is 0.432 e. The van der Waals surface area contributed by atoms with E-state index in [4.69, 9.17) is 4.42 Å². The molecule has 0 aliphatic carbocycles. The minimum absolute atomic E-state index is 0.0428. The van der Waals surface area contributed by atoms with E-state index in [9.17, 15) is 18.0 Å². The van der Waals surface area contributed by atoms with Crippen LogP contribution in [0.25, 0.3) is 0 Å². The Morgan fingerprint density at radius 1 is 0.838 bits per heavy atom. The molecule has 0 unspecified atom stereocenters. The Balaban J connectivity index is 1.90. The van der Waals surface area contributed by atoms with Crippen LogP contribution in [0, 0.1) is 0 Å². The van der Waals surface area contributed by atoms with Gasteiger partial charge in [-0.2, -0.15) is 13.2 Å². The van der Waals surface area contributed by atoms with E-state index in [1.165, 1.54) is 25.3 Å². The Morgan fingerprint density at radius 3 is 1.86 bits per heavy atom. The molecule has 0 amide bonds.